The van der Waals surface area contributed by atoms with Crippen LogP contribution >= 0.6 is 0 Å². The lowest BCUT2D eigenvalue weighted by atomic mass is 10.1. The van der Waals surface area contributed by atoms with Crippen molar-refractivity contribution in [1.82, 2.24) is 5.32 Å². The molecule has 2 aromatic rings. The van der Waals surface area contributed by atoms with Crippen LogP contribution in [0.5, 0.6) is 11.5 Å². The number of ether oxygens (including phenoxy) is 3. The highest BCUT2D eigenvalue weighted by molar-refractivity contribution is 5.97. The number of hydrogen-bond acceptors (Lipinski definition) is 6. The summed E-state index contributed by atoms with van der Waals surface area (Å²) in [5.41, 5.74) is 1.76. The number of benzene rings is 2. The molecule has 8 nitrogen and oxygen atoms in total. The first-order valence-corrected chi connectivity index (χ1v) is 8.45. The van der Waals surface area contributed by atoms with Gasteiger partial charge in [-0.1, -0.05) is 17.7 Å². The van der Waals surface area contributed by atoms with Crippen molar-refractivity contribution in [3.8, 4) is 11.5 Å². The molecule has 0 atom stereocenters. The third-order valence-electron chi connectivity index (χ3n) is 3.72. The molecule has 0 saturated carbocycles. The van der Waals surface area contributed by atoms with Gasteiger partial charge in [-0.3, -0.25) is 14.4 Å². The normalized spacial score (nSPS) is 9.96. The van der Waals surface area contributed by atoms with Crippen molar-refractivity contribution < 1.29 is 28.6 Å². The monoisotopic (exact) mass is 386 g/mol. The molecule has 0 spiro atoms. The van der Waals surface area contributed by atoms with Crippen molar-refractivity contribution in [3.05, 3.63) is 53.6 Å². The topological polar surface area (TPSA) is 103 Å². The Morgan fingerprint density at radius 1 is 1.00 bits per heavy atom. The quantitative estimate of drug-likeness (QED) is 0.672. The largest absolute Gasteiger partial charge is 0.497 e. The van der Waals surface area contributed by atoms with Crippen molar-refractivity contribution in [2.45, 2.75) is 6.92 Å². The Morgan fingerprint density at radius 3 is 2.46 bits per heavy atom. The number of carbonyl (C=O) groups is 3. The van der Waals surface area contributed by atoms with Crippen LogP contribution in [0.3, 0.4) is 0 Å². The number of hydrogen-bond donors (Lipinski definition) is 2. The molecule has 148 valence electrons. The molecule has 0 bridgehead atoms. The second kappa shape index (κ2) is 9.96. The van der Waals surface area contributed by atoms with Gasteiger partial charge in [0.15, 0.2) is 6.61 Å². The van der Waals surface area contributed by atoms with Gasteiger partial charge in [-0.2, -0.15) is 0 Å². The molecule has 0 fully saturated rings. The van der Waals surface area contributed by atoms with Crippen LogP contribution in [-0.4, -0.2) is 45.2 Å². The fourth-order valence-electron chi connectivity index (χ4n) is 2.34. The van der Waals surface area contributed by atoms with E-state index in [2.05, 4.69) is 10.6 Å². The Morgan fingerprint density at radius 2 is 1.79 bits per heavy atom. The SMILES string of the molecule is COc1ccc(OC)c(NC(=O)COC(=O)CNC(=O)c2cccc(C)c2)c1. The van der Waals surface area contributed by atoms with Crippen molar-refractivity contribution in [2.24, 2.45) is 0 Å². The molecule has 2 rings (SSSR count). The van der Waals surface area contributed by atoms with Gasteiger partial charge in [0.05, 0.1) is 19.9 Å². The first-order valence-electron chi connectivity index (χ1n) is 8.45. The number of aryl methyl sites for hydroxylation is 1. The van der Waals surface area contributed by atoms with Crippen molar-refractivity contribution >= 4 is 23.5 Å². The van der Waals surface area contributed by atoms with E-state index in [0.29, 0.717) is 22.7 Å². The third-order valence-corrected chi connectivity index (χ3v) is 3.72. The van der Waals surface area contributed by atoms with E-state index in [4.69, 9.17) is 14.2 Å². The van der Waals surface area contributed by atoms with Crippen molar-refractivity contribution in [3.63, 3.8) is 0 Å². The number of carbonyl (C=O) groups excluding carboxylic acids is 3. The van der Waals surface area contributed by atoms with E-state index in [-0.39, 0.29) is 6.54 Å². The Balaban J connectivity index is 1.81. The highest BCUT2D eigenvalue weighted by Crippen LogP contribution is 2.28. The smallest absolute Gasteiger partial charge is 0.325 e. The minimum Gasteiger partial charge on any atom is -0.497 e. The molecule has 0 aliphatic heterocycles. The summed E-state index contributed by atoms with van der Waals surface area (Å²) >= 11 is 0. The fraction of sp³-hybridized carbons (Fsp3) is 0.250. The lowest BCUT2D eigenvalue weighted by molar-refractivity contribution is -0.146. The molecule has 0 unspecified atom stereocenters. The van der Waals surface area contributed by atoms with Gasteiger partial charge in [0.25, 0.3) is 11.8 Å². The zero-order chi connectivity index (χ0) is 20.5. The van der Waals surface area contributed by atoms with Crippen LogP contribution in [0.1, 0.15) is 15.9 Å². The first kappa shape index (κ1) is 20.8. The average Bonchev–Trinajstić information content (AvgIpc) is 2.70. The van der Waals surface area contributed by atoms with Crippen LogP contribution in [0, 0.1) is 6.92 Å². The van der Waals surface area contributed by atoms with Gasteiger partial charge < -0.3 is 24.8 Å². The van der Waals surface area contributed by atoms with Crippen LogP contribution in [0.15, 0.2) is 42.5 Å². The maximum atomic E-state index is 12.0. The highest BCUT2D eigenvalue weighted by atomic mass is 16.5. The van der Waals surface area contributed by atoms with Gasteiger partial charge in [-0.05, 0) is 31.2 Å². The average molecular weight is 386 g/mol. The van der Waals surface area contributed by atoms with Gasteiger partial charge in [0, 0.05) is 11.6 Å². The number of anilines is 1. The molecular formula is C20H22N2O6. The summed E-state index contributed by atoms with van der Waals surface area (Å²) in [6.45, 7) is 1.02. The summed E-state index contributed by atoms with van der Waals surface area (Å²) in [6.07, 6.45) is 0. The standard InChI is InChI=1S/C20H22N2O6/c1-13-5-4-6-14(9-13)20(25)21-11-19(24)28-12-18(23)22-16-10-15(26-2)7-8-17(16)27-3/h4-10H,11-12H2,1-3H3,(H,21,25)(H,22,23). The predicted molar refractivity (Wildman–Crippen MR) is 103 cm³/mol. The molecule has 8 heteroatoms. The summed E-state index contributed by atoms with van der Waals surface area (Å²) in [5.74, 6) is -0.706. The fourth-order valence-corrected chi connectivity index (χ4v) is 2.34. The van der Waals surface area contributed by atoms with Gasteiger partial charge in [0.1, 0.15) is 18.0 Å². The molecular weight excluding hydrogens is 364 g/mol. The van der Waals surface area contributed by atoms with E-state index < -0.39 is 24.4 Å². The maximum Gasteiger partial charge on any atom is 0.325 e. The van der Waals surface area contributed by atoms with Crippen LogP contribution in [0.4, 0.5) is 5.69 Å². The number of methoxy groups -OCH3 is 2. The van der Waals surface area contributed by atoms with Gasteiger partial charge >= 0.3 is 5.97 Å². The number of amides is 2. The zero-order valence-electron chi connectivity index (χ0n) is 15.9. The van der Waals surface area contributed by atoms with E-state index in [9.17, 15) is 14.4 Å². The third kappa shape index (κ3) is 6.01. The molecule has 0 heterocycles. The first-order chi connectivity index (χ1) is 13.4. The minimum absolute atomic E-state index is 0.345. The van der Waals surface area contributed by atoms with E-state index in [1.807, 2.05) is 13.0 Å². The molecule has 0 aliphatic rings. The van der Waals surface area contributed by atoms with Crippen LogP contribution in [0.2, 0.25) is 0 Å². The Bertz CT molecular complexity index is 866. The molecule has 0 radical (unpaired) electrons. The highest BCUT2D eigenvalue weighted by Gasteiger charge is 2.13. The van der Waals surface area contributed by atoms with Gasteiger partial charge in [0.2, 0.25) is 0 Å². The Kier molecular flexibility index (Phi) is 7.38. The van der Waals surface area contributed by atoms with E-state index >= 15 is 0 Å². The van der Waals surface area contributed by atoms with E-state index in [1.165, 1.54) is 14.2 Å². The van der Waals surface area contributed by atoms with Crippen LogP contribution in [-0.2, 0) is 14.3 Å². The maximum absolute atomic E-state index is 12.0. The van der Waals surface area contributed by atoms with Gasteiger partial charge in [-0.15, -0.1) is 0 Å². The molecule has 2 amide bonds. The van der Waals surface area contributed by atoms with Crippen LogP contribution in [0.25, 0.3) is 0 Å². The predicted octanol–water partition coefficient (Wildman–Crippen LogP) is 1.92. The van der Waals surface area contributed by atoms with E-state index in [1.54, 1.807) is 36.4 Å². The van der Waals surface area contributed by atoms with Gasteiger partial charge in [-0.25, -0.2) is 0 Å². The molecule has 0 saturated heterocycles. The summed E-state index contributed by atoms with van der Waals surface area (Å²) < 4.78 is 15.1. The Hall–Kier alpha value is -3.55. The van der Waals surface area contributed by atoms with Crippen LogP contribution < -0.4 is 20.1 Å². The van der Waals surface area contributed by atoms with E-state index in [0.717, 1.165) is 5.56 Å². The molecule has 28 heavy (non-hydrogen) atoms. The number of esters is 1. The molecule has 2 aromatic carbocycles. The molecule has 0 aliphatic carbocycles. The lowest BCUT2D eigenvalue weighted by Gasteiger charge is -2.12. The number of nitrogens with one attached hydrogen (secondary N) is 2. The second-order valence-corrected chi connectivity index (χ2v) is 5.83. The number of rotatable bonds is 8. The lowest BCUT2D eigenvalue weighted by Crippen LogP contribution is -2.32. The summed E-state index contributed by atoms with van der Waals surface area (Å²) in [5, 5.41) is 5.03. The summed E-state index contributed by atoms with van der Waals surface area (Å²) in [4.78, 5) is 35.8. The molecule has 0 aromatic heterocycles. The molecule has 2 N–H and O–H groups in total. The Labute approximate surface area is 162 Å². The van der Waals surface area contributed by atoms with Crippen molar-refractivity contribution in [1.29, 1.82) is 0 Å². The zero-order valence-corrected chi connectivity index (χ0v) is 15.9. The second-order valence-electron chi connectivity index (χ2n) is 5.83. The summed E-state index contributed by atoms with van der Waals surface area (Å²) in [6, 6.07) is 11.9. The minimum atomic E-state index is -0.728. The van der Waals surface area contributed by atoms with Crippen molar-refractivity contribution in [2.75, 3.05) is 32.7 Å². The summed E-state index contributed by atoms with van der Waals surface area (Å²) in [7, 11) is 2.97.